The number of hydrogen-bond donors (Lipinski definition) is 1. The molecule has 6 nitrogen and oxygen atoms in total. The molecule has 6 heteroatoms. The first-order valence-electron chi connectivity index (χ1n) is 6.33. The molecule has 0 radical (unpaired) electrons. The summed E-state index contributed by atoms with van der Waals surface area (Å²) in [7, 11) is 1.55. The lowest BCUT2D eigenvalue weighted by molar-refractivity contribution is -0.142. The smallest absolute Gasteiger partial charge is 0.325 e. The number of aliphatic carboxylic acids is 1. The quantitative estimate of drug-likeness (QED) is 0.728. The molecule has 0 aliphatic rings. The van der Waals surface area contributed by atoms with E-state index in [0.717, 1.165) is 6.42 Å². The van der Waals surface area contributed by atoms with Crippen LogP contribution in [0.2, 0.25) is 0 Å². The van der Waals surface area contributed by atoms with Crippen molar-refractivity contribution in [3.63, 3.8) is 0 Å². The van der Waals surface area contributed by atoms with E-state index >= 15 is 0 Å². The molecule has 1 aromatic carbocycles. The van der Waals surface area contributed by atoms with E-state index in [9.17, 15) is 9.59 Å². The first-order valence-corrected chi connectivity index (χ1v) is 6.33. The minimum Gasteiger partial charge on any atom is -0.497 e. The summed E-state index contributed by atoms with van der Waals surface area (Å²) >= 11 is 0. The number of benzene rings is 1. The van der Waals surface area contributed by atoms with Gasteiger partial charge in [-0.25, -0.2) is 0 Å². The first kappa shape index (κ1) is 15.8. The van der Waals surface area contributed by atoms with Gasteiger partial charge >= 0.3 is 11.9 Å². The molecule has 0 spiro atoms. The number of anilines is 1. The molecule has 20 heavy (non-hydrogen) atoms. The van der Waals surface area contributed by atoms with Crippen LogP contribution in [-0.4, -0.2) is 43.9 Å². The molecule has 0 bridgehead atoms. The molecular formula is C14H19NO5. The highest BCUT2D eigenvalue weighted by Crippen LogP contribution is 2.19. The van der Waals surface area contributed by atoms with Crippen LogP contribution in [0.1, 0.15) is 13.3 Å². The van der Waals surface area contributed by atoms with Crippen molar-refractivity contribution in [3.05, 3.63) is 24.3 Å². The molecule has 110 valence electrons. The fraction of sp³-hybridized carbons (Fsp3) is 0.429. The molecule has 0 aliphatic heterocycles. The first-order chi connectivity index (χ1) is 9.56. The molecule has 1 N–H and O–H groups in total. The molecule has 1 aromatic rings. The van der Waals surface area contributed by atoms with Crippen molar-refractivity contribution >= 4 is 17.6 Å². The van der Waals surface area contributed by atoms with Crippen LogP contribution in [-0.2, 0) is 14.3 Å². The average molecular weight is 281 g/mol. The number of carboxylic acid groups (broad SMARTS) is 1. The second-order valence-electron chi connectivity index (χ2n) is 4.17. The normalized spacial score (nSPS) is 9.90. The largest absolute Gasteiger partial charge is 0.497 e. The summed E-state index contributed by atoms with van der Waals surface area (Å²) in [6.07, 6.45) is 0.729. The fourth-order valence-corrected chi connectivity index (χ4v) is 1.61. The van der Waals surface area contributed by atoms with E-state index in [1.54, 1.807) is 31.4 Å². The zero-order chi connectivity index (χ0) is 15.0. The van der Waals surface area contributed by atoms with Gasteiger partial charge in [0.05, 0.1) is 13.7 Å². The van der Waals surface area contributed by atoms with Gasteiger partial charge in [0.1, 0.15) is 18.8 Å². The summed E-state index contributed by atoms with van der Waals surface area (Å²) in [6.45, 7) is 1.86. The lowest BCUT2D eigenvalue weighted by Gasteiger charge is -2.22. The molecule has 0 heterocycles. The number of methoxy groups -OCH3 is 1. The number of carboxylic acids is 1. The van der Waals surface area contributed by atoms with Crippen LogP contribution in [0.4, 0.5) is 5.69 Å². The Morgan fingerprint density at radius 1 is 1.20 bits per heavy atom. The highest BCUT2D eigenvalue weighted by atomic mass is 16.5. The average Bonchev–Trinajstić information content (AvgIpc) is 2.44. The zero-order valence-electron chi connectivity index (χ0n) is 11.7. The standard InChI is InChI=1S/C14H19NO5/c1-3-8-20-14(18)10-15(9-13(16)17)11-4-6-12(19-2)7-5-11/h4-7H,3,8-10H2,1-2H3,(H,16,17). The molecule has 0 saturated heterocycles. The minimum absolute atomic E-state index is 0.0986. The summed E-state index contributed by atoms with van der Waals surface area (Å²) < 4.78 is 10.0. The molecule has 0 atom stereocenters. The third-order valence-electron chi connectivity index (χ3n) is 2.55. The molecule has 1 rings (SSSR count). The van der Waals surface area contributed by atoms with Crippen molar-refractivity contribution in [1.29, 1.82) is 0 Å². The van der Waals surface area contributed by atoms with Crippen molar-refractivity contribution in [2.75, 3.05) is 31.7 Å². The summed E-state index contributed by atoms with van der Waals surface area (Å²) in [5, 5.41) is 8.92. The third kappa shape index (κ3) is 5.17. The van der Waals surface area contributed by atoms with E-state index in [2.05, 4.69) is 0 Å². The number of hydrogen-bond acceptors (Lipinski definition) is 5. The van der Waals surface area contributed by atoms with Crippen molar-refractivity contribution in [2.24, 2.45) is 0 Å². The van der Waals surface area contributed by atoms with Gasteiger partial charge in [0.2, 0.25) is 0 Å². The van der Waals surface area contributed by atoms with Gasteiger partial charge in [0, 0.05) is 5.69 Å². The summed E-state index contributed by atoms with van der Waals surface area (Å²) in [5.41, 5.74) is 0.627. The predicted octanol–water partition coefficient (Wildman–Crippen LogP) is 1.54. The summed E-state index contributed by atoms with van der Waals surface area (Å²) in [4.78, 5) is 23.9. The SMILES string of the molecule is CCCOC(=O)CN(CC(=O)O)c1ccc(OC)cc1. The van der Waals surface area contributed by atoms with Crippen LogP contribution in [0.3, 0.4) is 0 Å². The number of carbonyl (C=O) groups excluding carboxylic acids is 1. The highest BCUT2D eigenvalue weighted by Gasteiger charge is 2.15. The topological polar surface area (TPSA) is 76.1 Å². The summed E-state index contributed by atoms with van der Waals surface area (Å²) in [6, 6.07) is 6.83. The number of nitrogens with zero attached hydrogens (tertiary/aromatic N) is 1. The van der Waals surface area contributed by atoms with E-state index in [0.29, 0.717) is 18.0 Å². The second kappa shape index (κ2) is 8.04. The zero-order valence-corrected chi connectivity index (χ0v) is 11.7. The Labute approximate surface area is 117 Å². The number of carbonyl (C=O) groups is 2. The van der Waals surface area contributed by atoms with Gasteiger partial charge < -0.3 is 19.5 Å². The van der Waals surface area contributed by atoms with E-state index in [4.69, 9.17) is 14.6 Å². The second-order valence-corrected chi connectivity index (χ2v) is 4.17. The van der Waals surface area contributed by atoms with Crippen molar-refractivity contribution < 1.29 is 24.2 Å². The maximum atomic E-state index is 11.6. The van der Waals surface area contributed by atoms with Crippen LogP contribution in [0, 0.1) is 0 Å². The molecule has 0 unspecified atom stereocenters. The fourth-order valence-electron chi connectivity index (χ4n) is 1.61. The van der Waals surface area contributed by atoms with Gasteiger partial charge in [-0.2, -0.15) is 0 Å². The minimum atomic E-state index is -1.01. The lowest BCUT2D eigenvalue weighted by atomic mass is 10.2. The molecule has 0 fully saturated rings. The van der Waals surface area contributed by atoms with Crippen LogP contribution in [0.5, 0.6) is 5.75 Å². The van der Waals surface area contributed by atoms with Gasteiger partial charge in [0.15, 0.2) is 0 Å². The van der Waals surface area contributed by atoms with E-state index in [1.165, 1.54) is 4.90 Å². The van der Waals surface area contributed by atoms with Crippen LogP contribution >= 0.6 is 0 Å². The van der Waals surface area contributed by atoms with Gasteiger partial charge in [-0.05, 0) is 30.7 Å². The lowest BCUT2D eigenvalue weighted by Crippen LogP contribution is -2.35. The highest BCUT2D eigenvalue weighted by molar-refractivity contribution is 5.80. The van der Waals surface area contributed by atoms with E-state index in [-0.39, 0.29) is 13.1 Å². The Hall–Kier alpha value is -2.24. The molecular weight excluding hydrogens is 262 g/mol. The van der Waals surface area contributed by atoms with Gasteiger partial charge in [-0.15, -0.1) is 0 Å². The Morgan fingerprint density at radius 3 is 2.35 bits per heavy atom. The third-order valence-corrected chi connectivity index (χ3v) is 2.55. The van der Waals surface area contributed by atoms with Gasteiger partial charge in [-0.3, -0.25) is 9.59 Å². The van der Waals surface area contributed by atoms with Crippen molar-refractivity contribution in [1.82, 2.24) is 0 Å². The van der Waals surface area contributed by atoms with E-state index < -0.39 is 11.9 Å². The Balaban J connectivity index is 2.76. The molecule has 0 amide bonds. The van der Waals surface area contributed by atoms with Crippen molar-refractivity contribution in [2.45, 2.75) is 13.3 Å². The Bertz CT molecular complexity index is 443. The van der Waals surface area contributed by atoms with Gasteiger partial charge in [0.25, 0.3) is 0 Å². The molecule has 0 aliphatic carbocycles. The maximum absolute atomic E-state index is 11.6. The molecule has 0 saturated carbocycles. The van der Waals surface area contributed by atoms with Crippen LogP contribution < -0.4 is 9.64 Å². The predicted molar refractivity (Wildman–Crippen MR) is 74.1 cm³/mol. The van der Waals surface area contributed by atoms with Gasteiger partial charge in [-0.1, -0.05) is 6.92 Å². The number of esters is 1. The van der Waals surface area contributed by atoms with Crippen LogP contribution in [0.25, 0.3) is 0 Å². The number of rotatable bonds is 8. The van der Waals surface area contributed by atoms with Crippen molar-refractivity contribution in [3.8, 4) is 5.75 Å². The molecule has 0 aromatic heterocycles. The van der Waals surface area contributed by atoms with E-state index in [1.807, 2.05) is 6.92 Å². The monoisotopic (exact) mass is 281 g/mol. The Kier molecular flexibility index (Phi) is 6.36. The summed E-state index contributed by atoms with van der Waals surface area (Å²) in [5.74, 6) is -0.786. The van der Waals surface area contributed by atoms with Crippen LogP contribution in [0.15, 0.2) is 24.3 Å². The maximum Gasteiger partial charge on any atom is 0.325 e. The Morgan fingerprint density at radius 2 is 1.85 bits per heavy atom. The number of ether oxygens (including phenoxy) is 2.